The highest BCUT2D eigenvalue weighted by molar-refractivity contribution is 6.03. The predicted octanol–water partition coefficient (Wildman–Crippen LogP) is 27.6. The largest absolute Gasteiger partial charge is 0.508 e. The Bertz CT molecular complexity index is 5560. The molecule has 0 aromatic heterocycles. The number of hydrogen-bond acceptors (Lipinski definition) is 21. The van der Waals surface area contributed by atoms with Gasteiger partial charge in [0.1, 0.15) is 41.0 Å². The fourth-order valence-electron chi connectivity index (χ4n) is 11.7. The number of nitrogen functional groups attached to an aromatic ring is 1. The van der Waals surface area contributed by atoms with E-state index in [1.165, 1.54) is 13.2 Å². The zero-order valence-corrected chi connectivity index (χ0v) is 91.1. The number of nitrogens with one attached hydrogen (secondary N) is 3. The quantitative estimate of drug-likeness (QED) is 0.0138. The first kappa shape index (κ1) is 128. The molecular formula is C122H164N4O17. The van der Waals surface area contributed by atoms with Crippen LogP contribution in [0.4, 0.5) is 17.1 Å². The Hall–Kier alpha value is -13.3. The van der Waals surface area contributed by atoms with Gasteiger partial charge in [-0.1, -0.05) is 366 Å². The maximum absolute atomic E-state index is 11.9. The number of nitrogens with two attached hydrogens (primary N) is 1. The molecule has 2 unspecified atom stereocenters. The van der Waals surface area contributed by atoms with Crippen LogP contribution in [0.15, 0.2) is 261 Å². The van der Waals surface area contributed by atoms with E-state index in [1.807, 2.05) is 355 Å². The van der Waals surface area contributed by atoms with E-state index < -0.39 is 33.9 Å². The van der Waals surface area contributed by atoms with Crippen LogP contribution in [0.3, 0.4) is 0 Å². The fraction of sp³-hybridized carbons (Fsp3) is 0.393. The molecule has 774 valence electrons. The number of Topliss-reactive ketones (excluding diaryl/α,β-unsaturated/α-hetero) is 10. The Morgan fingerprint density at radius 2 is 0.699 bits per heavy atom. The summed E-state index contributed by atoms with van der Waals surface area (Å²) in [6, 6.07) is 73.5. The maximum Gasteiger partial charge on any atom is 0.171 e. The number of allylic oxidation sites excluding steroid dienone is 1. The van der Waals surface area contributed by atoms with Crippen molar-refractivity contribution >= 4 is 87.0 Å². The lowest BCUT2D eigenvalue weighted by Crippen LogP contribution is -2.27. The molecule has 0 aliphatic heterocycles. The van der Waals surface area contributed by atoms with Gasteiger partial charge in [0.05, 0.1) is 19.2 Å². The van der Waals surface area contributed by atoms with Gasteiger partial charge in [-0.05, 0) is 156 Å². The summed E-state index contributed by atoms with van der Waals surface area (Å²) in [6.45, 7) is 62.3. The number of anilines is 3. The van der Waals surface area contributed by atoms with Crippen LogP contribution in [-0.4, -0.2) is 109 Å². The van der Waals surface area contributed by atoms with Crippen molar-refractivity contribution in [2.75, 3.05) is 36.8 Å². The molecule has 0 aliphatic rings. The summed E-state index contributed by atoms with van der Waals surface area (Å²) in [7, 11) is 3.33. The number of hydrogen-bond donors (Lipinski definition) is 10. The lowest BCUT2D eigenvalue weighted by molar-refractivity contribution is -0.135. The first-order valence-corrected chi connectivity index (χ1v) is 47.8. The third-order valence-electron chi connectivity index (χ3n) is 21.2. The van der Waals surface area contributed by atoms with Crippen LogP contribution in [0.2, 0.25) is 0 Å². The molecule has 0 saturated carbocycles. The second-order valence-electron chi connectivity index (χ2n) is 44.8. The molecule has 0 spiro atoms. The van der Waals surface area contributed by atoms with Crippen LogP contribution >= 0.6 is 0 Å². The van der Waals surface area contributed by atoms with Crippen LogP contribution < -0.4 is 26.6 Å². The molecule has 10 rings (SSSR count). The molecule has 0 fully saturated rings. The van der Waals surface area contributed by atoms with Gasteiger partial charge < -0.3 is 51.4 Å². The number of phenols is 4. The van der Waals surface area contributed by atoms with E-state index in [0.29, 0.717) is 47.4 Å². The van der Waals surface area contributed by atoms with Gasteiger partial charge in [0.25, 0.3) is 0 Å². The van der Waals surface area contributed by atoms with Crippen molar-refractivity contribution < 1.29 is 83.3 Å². The van der Waals surface area contributed by atoms with Crippen molar-refractivity contribution in [1.82, 2.24) is 0 Å². The number of methoxy groups -OCH3 is 1. The SMILES string of the molecule is C=Cc1ccc(C(=O)C(C)(C)C)cc1.CC(C)(C)C(=O)C(O)c1ccccc1.CC(C)(C)C(=O)C(O)c1ccccc1.CC(C)(C)C(=O)C/C=C/c1ccccc1.CC(C)(C)C(=O)CNc1ccc(O)cc1.CC(C)(C)C(=O)Cc1ccc(O)cc1.CC(C)(C)C(=O)c1ccc(NN)cc1.CNc1ccc(C(=O)C(C)(C)C)cc1.COc1ccc(C(=O)C(C)(C)C)cc1O.Cc1ccc(C(=O)C(C)(C)C)c(O)c1. The minimum Gasteiger partial charge on any atom is -0.508 e. The molecule has 143 heavy (non-hydrogen) atoms. The molecule has 0 bridgehead atoms. The maximum atomic E-state index is 11.9. The van der Waals surface area contributed by atoms with E-state index in [4.69, 9.17) is 20.8 Å². The van der Waals surface area contributed by atoms with Gasteiger partial charge in [0.15, 0.2) is 57.8 Å². The van der Waals surface area contributed by atoms with Crippen molar-refractivity contribution in [2.45, 2.75) is 240 Å². The summed E-state index contributed by atoms with van der Waals surface area (Å²) in [5.41, 5.74) is 10.0. The van der Waals surface area contributed by atoms with Gasteiger partial charge in [-0.2, -0.15) is 0 Å². The molecule has 0 amide bonds. The van der Waals surface area contributed by atoms with Gasteiger partial charge in [-0.3, -0.25) is 53.8 Å². The minimum absolute atomic E-state index is 0.000420. The first-order valence-electron chi connectivity index (χ1n) is 47.8. The topological polar surface area (TPSA) is 363 Å². The van der Waals surface area contributed by atoms with E-state index in [-0.39, 0.29) is 113 Å². The summed E-state index contributed by atoms with van der Waals surface area (Å²) in [6.07, 6.45) is 4.63. The van der Waals surface area contributed by atoms with E-state index >= 15 is 0 Å². The summed E-state index contributed by atoms with van der Waals surface area (Å²) >= 11 is 0. The number of carbonyl (C=O) groups excluding carboxylic acids is 10. The van der Waals surface area contributed by atoms with E-state index in [1.54, 1.807) is 127 Å². The molecule has 21 nitrogen and oxygen atoms in total. The van der Waals surface area contributed by atoms with Gasteiger partial charge in [0, 0.05) is 113 Å². The number of phenolic OH excluding ortho intramolecular Hbond substituents is 4. The lowest BCUT2D eigenvalue weighted by Gasteiger charge is -2.20. The van der Waals surface area contributed by atoms with Crippen molar-refractivity contribution in [1.29, 1.82) is 0 Å². The molecule has 0 saturated heterocycles. The number of benzene rings is 10. The molecule has 21 heteroatoms. The highest BCUT2D eigenvalue weighted by Crippen LogP contribution is 2.34. The van der Waals surface area contributed by atoms with E-state index in [2.05, 4.69) is 22.6 Å². The number of aromatic hydroxyl groups is 4. The summed E-state index contributed by atoms with van der Waals surface area (Å²) in [5, 5.41) is 62.9. The predicted molar refractivity (Wildman–Crippen MR) is 587 cm³/mol. The molecule has 0 heterocycles. The molecular weight excluding hydrogens is 1790 g/mol. The Kier molecular flexibility index (Phi) is 51.5. The van der Waals surface area contributed by atoms with Crippen LogP contribution in [0.5, 0.6) is 28.7 Å². The zero-order chi connectivity index (χ0) is 110. The summed E-state index contributed by atoms with van der Waals surface area (Å²) in [4.78, 5) is 117. The second-order valence-corrected chi connectivity index (χ2v) is 44.8. The Labute approximate surface area is 853 Å². The van der Waals surface area contributed by atoms with Crippen molar-refractivity contribution in [3.63, 3.8) is 0 Å². The van der Waals surface area contributed by atoms with Gasteiger partial charge in [0.2, 0.25) is 0 Å². The molecule has 2 atom stereocenters. The smallest absolute Gasteiger partial charge is 0.171 e. The molecule has 10 aromatic carbocycles. The van der Waals surface area contributed by atoms with Crippen molar-refractivity contribution in [2.24, 2.45) is 60.0 Å². The van der Waals surface area contributed by atoms with Crippen molar-refractivity contribution in [3.05, 3.63) is 323 Å². The Balaban J connectivity index is 0.000000795. The fourth-order valence-corrected chi connectivity index (χ4v) is 11.7. The number of aliphatic hydroxyl groups is 2. The Morgan fingerprint density at radius 3 is 1.03 bits per heavy atom. The highest BCUT2D eigenvalue weighted by atomic mass is 16.5. The van der Waals surface area contributed by atoms with E-state index in [9.17, 15) is 68.4 Å². The third kappa shape index (κ3) is 48.8. The van der Waals surface area contributed by atoms with Crippen LogP contribution in [-0.2, 0) is 30.4 Å². The number of carbonyl (C=O) groups is 10. The second kappa shape index (κ2) is 57.7. The average Bonchev–Trinajstić information content (AvgIpc) is 0.839. The zero-order valence-electron chi connectivity index (χ0n) is 91.1. The van der Waals surface area contributed by atoms with E-state index in [0.717, 1.165) is 56.0 Å². The van der Waals surface area contributed by atoms with Crippen LogP contribution in [0.25, 0.3) is 12.2 Å². The van der Waals surface area contributed by atoms with Gasteiger partial charge >= 0.3 is 0 Å². The standard InChI is InChI=1S/C14H18O.C13H16O.C12H17NO2.C12H17NO.C12H16O3.4C12H16O2.C11H16N2O/c1-14(2,3)13(15)11-7-10-12-8-5-4-6-9-12;1-5-10-6-8-11(9-7-10)12(14)13(2,3)4;1-12(2,3)11(15)8-13-9-4-6-10(14)7-5-9;1-12(2,3)11(14)9-5-7-10(13-4)8-6-9;1-12(2,3)11(14)8-5-6-10(15-4)9(13)7-8;1-8-5-6-9(10(13)7-8)11(14)12(2,3)4;1-12(2,3)11(14)8-9-4-6-10(13)7-5-9;2*1-12(2,3)11(14)10(13)9-7-5-4-6-8-9;1-11(2,3)10(14)8-4-6-9(13-12)7-5-8/h4-10H,11H2,1-3H3;5-9H,1H2,2-4H3;4-7,13-14H,8H2,1-3H3;5-8,13H,1-4H3;5-7,13H,1-4H3;5-7,13H,1-4H3;4-7,13H,8H2,1-3H3;2*4-8,10,13H,1-3H3;4-7,13H,12H2,1-3H3/b10-7+;;;;;;;;;. The normalized spacial score (nSPS) is 11.8. The van der Waals surface area contributed by atoms with Crippen molar-refractivity contribution in [3.8, 4) is 28.7 Å². The molecule has 10 aromatic rings. The summed E-state index contributed by atoms with van der Waals surface area (Å²) in [5.74, 6) is 6.94. The van der Waals surface area contributed by atoms with Gasteiger partial charge in [-0.25, -0.2) is 0 Å². The lowest BCUT2D eigenvalue weighted by atomic mass is 9.85. The number of aryl methyl sites for hydroxylation is 1. The van der Waals surface area contributed by atoms with Crippen LogP contribution in [0, 0.1) is 61.1 Å². The molecule has 0 aliphatic carbocycles. The average molecular weight is 1960 g/mol. The monoisotopic (exact) mass is 1960 g/mol. The minimum atomic E-state index is -1.00. The number of hydrazine groups is 1. The third-order valence-corrected chi connectivity index (χ3v) is 21.2. The number of ether oxygens (including phenoxy) is 1. The number of aliphatic hydroxyl groups excluding tert-OH is 2. The highest BCUT2D eigenvalue weighted by Gasteiger charge is 2.33. The van der Waals surface area contributed by atoms with Crippen LogP contribution in [0.1, 0.15) is 312 Å². The Morgan fingerprint density at radius 1 is 0.357 bits per heavy atom. The van der Waals surface area contributed by atoms with Gasteiger partial charge in [-0.15, -0.1) is 0 Å². The molecule has 11 N–H and O–H groups in total. The molecule has 0 radical (unpaired) electrons. The summed E-state index contributed by atoms with van der Waals surface area (Å²) < 4.78 is 4.90. The number of ketones is 10. The first-order chi connectivity index (χ1) is 65.7. The number of rotatable bonds is 21.